The van der Waals surface area contributed by atoms with E-state index >= 15 is 0 Å². The van der Waals surface area contributed by atoms with E-state index < -0.39 is 0 Å². The van der Waals surface area contributed by atoms with Crippen LogP contribution in [0.15, 0.2) is 103 Å². The van der Waals surface area contributed by atoms with E-state index in [0.29, 0.717) is 17.4 Å². The van der Waals surface area contributed by atoms with Gasteiger partial charge in [0.15, 0.2) is 0 Å². The number of fused-ring (bicyclic) bond motifs is 1. The molecule has 0 fully saturated rings. The van der Waals surface area contributed by atoms with E-state index in [0.717, 1.165) is 39.4 Å². The first kappa shape index (κ1) is 26.5. The second-order valence-corrected chi connectivity index (χ2v) is 11.4. The van der Waals surface area contributed by atoms with E-state index in [1.54, 1.807) is 6.07 Å². The fourth-order valence-electron chi connectivity index (χ4n) is 5.59. The maximum absolute atomic E-state index is 10.9. The molecular formula is C37H35N3O. The topological polar surface area (TPSA) is 50.9 Å². The third-order valence-corrected chi connectivity index (χ3v) is 7.77. The minimum atomic E-state index is 0.211. The quantitative estimate of drug-likeness (QED) is 0.230. The number of hydrogen-bond donors (Lipinski definition) is 1. The number of aromatic hydroxyl groups is 1. The summed E-state index contributed by atoms with van der Waals surface area (Å²) >= 11 is 0. The predicted molar refractivity (Wildman–Crippen MR) is 170 cm³/mol. The lowest BCUT2D eigenvalue weighted by Crippen LogP contribution is -2.07. The highest BCUT2D eigenvalue weighted by Gasteiger charge is 2.22. The summed E-state index contributed by atoms with van der Waals surface area (Å²) in [4.78, 5) is 9.95. The van der Waals surface area contributed by atoms with Crippen LogP contribution in [0, 0.1) is 6.92 Å². The normalized spacial score (nSPS) is 11.6. The van der Waals surface area contributed by atoms with Gasteiger partial charge < -0.3 is 5.11 Å². The van der Waals surface area contributed by atoms with Gasteiger partial charge in [0.2, 0.25) is 0 Å². The molecule has 0 bridgehead atoms. The van der Waals surface area contributed by atoms with Gasteiger partial charge in [0.05, 0.1) is 22.6 Å². The maximum Gasteiger partial charge on any atom is 0.148 e. The Kier molecular flexibility index (Phi) is 6.92. The number of hydrogen-bond acceptors (Lipinski definition) is 3. The van der Waals surface area contributed by atoms with Gasteiger partial charge in [-0.2, -0.15) is 0 Å². The predicted octanol–water partition coefficient (Wildman–Crippen LogP) is 9.68. The number of phenolic OH excluding ortho intramolecular Hbond substituents is 1. The molecule has 0 spiro atoms. The summed E-state index contributed by atoms with van der Waals surface area (Å²) in [7, 11) is 0. The van der Waals surface area contributed by atoms with Crippen LogP contribution in [0.5, 0.6) is 5.75 Å². The van der Waals surface area contributed by atoms with Crippen molar-refractivity contribution in [3.05, 3.63) is 120 Å². The van der Waals surface area contributed by atoms with Gasteiger partial charge in [-0.25, -0.2) is 4.98 Å². The van der Waals surface area contributed by atoms with Gasteiger partial charge in [-0.05, 0) is 65.6 Å². The Bertz CT molecular complexity index is 1850. The molecule has 1 N–H and O–H groups in total. The van der Waals surface area contributed by atoms with Crippen LogP contribution in [0.3, 0.4) is 0 Å². The number of nitrogens with zero attached hydrogens (tertiary/aromatic N) is 3. The molecule has 41 heavy (non-hydrogen) atoms. The monoisotopic (exact) mass is 537 g/mol. The molecule has 4 aromatic carbocycles. The summed E-state index contributed by atoms with van der Waals surface area (Å²) < 4.78 is 2.18. The van der Waals surface area contributed by atoms with E-state index in [1.165, 1.54) is 22.1 Å². The van der Waals surface area contributed by atoms with Gasteiger partial charge in [0, 0.05) is 28.9 Å². The Hall–Kier alpha value is -4.70. The highest BCUT2D eigenvalue weighted by molar-refractivity contribution is 5.86. The minimum Gasteiger partial charge on any atom is -0.507 e. The molecule has 0 saturated heterocycles. The summed E-state index contributed by atoms with van der Waals surface area (Å²) in [6.07, 6.45) is 4.07. The summed E-state index contributed by atoms with van der Waals surface area (Å²) in [6.45, 7) is 11.0. The Morgan fingerprint density at radius 1 is 0.683 bits per heavy atom. The number of rotatable bonds is 6. The molecule has 0 amide bonds. The Morgan fingerprint density at radius 2 is 1.37 bits per heavy atom. The van der Waals surface area contributed by atoms with E-state index in [2.05, 4.69) is 112 Å². The zero-order chi connectivity index (χ0) is 28.7. The van der Waals surface area contributed by atoms with Crippen molar-refractivity contribution in [3.8, 4) is 45.3 Å². The summed E-state index contributed by atoms with van der Waals surface area (Å²) in [5, 5.41) is 13.2. The molecule has 0 saturated carbocycles. The highest BCUT2D eigenvalue weighted by Crippen LogP contribution is 2.38. The standard InChI is InChI=1S/C37H35N3O/c1-23(2)30-13-9-14-31(24(3)4)36(30)40-22-34(39-37(40)32-12-6-7-15-35(32)41)28-11-8-10-27(19-28)33-20-26-17-16-25(5)18-29(26)21-38-33/h6-24,41H,1-5H3. The van der Waals surface area contributed by atoms with Crippen molar-refractivity contribution in [1.82, 2.24) is 14.5 Å². The van der Waals surface area contributed by atoms with Crippen LogP contribution in [-0.4, -0.2) is 19.6 Å². The first-order valence-corrected chi connectivity index (χ1v) is 14.3. The number of aryl methyl sites for hydroxylation is 1. The Labute approximate surface area is 242 Å². The average Bonchev–Trinajstić information content (AvgIpc) is 3.41. The summed E-state index contributed by atoms with van der Waals surface area (Å²) in [6, 6.07) is 31.0. The molecule has 2 aromatic heterocycles. The molecular weight excluding hydrogens is 502 g/mol. The van der Waals surface area contributed by atoms with Crippen molar-refractivity contribution < 1.29 is 5.11 Å². The molecule has 0 aliphatic heterocycles. The number of benzene rings is 4. The molecule has 0 unspecified atom stereocenters. The van der Waals surface area contributed by atoms with Crippen molar-refractivity contribution in [2.45, 2.75) is 46.5 Å². The molecule has 6 rings (SSSR count). The van der Waals surface area contributed by atoms with Gasteiger partial charge in [0.1, 0.15) is 11.6 Å². The van der Waals surface area contributed by atoms with Crippen LogP contribution >= 0.6 is 0 Å². The van der Waals surface area contributed by atoms with Crippen LogP contribution in [0.4, 0.5) is 0 Å². The van der Waals surface area contributed by atoms with Crippen molar-refractivity contribution in [3.63, 3.8) is 0 Å². The van der Waals surface area contributed by atoms with Gasteiger partial charge in [-0.15, -0.1) is 0 Å². The number of phenols is 1. The second kappa shape index (κ2) is 10.7. The molecule has 4 heteroatoms. The van der Waals surface area contributed by atoms with Gasteiger partial charge in [0.25, 0.3) is 0 Å². The molecule has 0 atom stereocenters. The summed E-state index contributed by atoms with van der Waals surface area (Å²) in [5.74, 6) is 1.57. The SMILES string of the molecule is Cc1ccc2cc(-c3cccc(-c4cn(-c5c(C(C)C)cccc5C(C)C)c(-c5ccccc5O)n4)c3)ncc2c1. The first-order chi connectivity index (χ1) is 19.8. The van der Waals surface area contributed by atoms with E-state index in [4.69, 9.17) is 9.97 Å². The third kappa shape index (κ3) is 5.02. The van der Waals surface area contributed by atoms with Crippen molar-refractivity contribution in [1.29, 1.82) is 0 Å². The fourth-order valence-corrected chi connectivity index (χ4v) is 5.59. The maximum atomic E-state index is 10.9. The van der Waals surface area contributed by atoms with Crippen LogP contribution in [0.25, 0.3) is 50.4 Å². The number of para-hydroxylation sites is 2. The van der Waals surface area contributed by atoms with E-state index in [9.17, 15) is 5.11 Å². The molecule has 0 aliphatic rings. The lowest BCUT2D eigenvalue weighted by Gasteiger charge is -2.22. The molecule has 0 aliphatic carbocycles. The molecule has 0 radical (unpaired) electrons. The van der Waals surface area contributed by atoms with Crippen molar-refractivity contribution >= 4 is 10.8 Å². The average molecular weight is 538 g/mol. The fraction of sp³-hybridized carbons (Fsp3) is 0.189. The molecule has 6 aromatic rings. The van der Waals surface area contributed by atoms with Crippen LogP contribution in [-0.2, 0) is 0 Å². The second-order valence-electron chi connectivity index (χ2n) is 11.4. The highest BCUT2D eigenvalue weighted by atomic mass is 16.3. The number of imidazole rings is 1. The zero-order valence-electron chi connectivity index (χ0n) is 24.3. The zero-order valence-corrected chi connectivity index (χ0v) is 24.3. The number of aromatic nitrogens is 3. The van der Waals surface area contributed by atoms with Gasteiger partial charge in [-0.1, -0.05) is 93.9 Å². The van der Waals surface area contributed by atoms with Crippen LogP contribution < -0.4 is 0 Å². The van der Waals surface area contributed by atoms with Crippen molar-refractivity contribution in [2.75, 3.05) is 0 Å². The van der Waals surface area contributed by atoms with E-state index in [1.807, 2.05) is 24.4 Å². The van der Waals surface area contributed by atoms with Crippen LogP contribution in [0.1, 0.15) is 56.2 Å². The van der Waals surface area contributed by atoms with E-state index in [-0.39, 0.29) is 5.75 Å². The largest absolute Gasteiger partial charge is 0.507 e. The molecule has 2 heterocycles. The molecule has 204 valence electrons. The first-order valence-electron chi connectivity index (χ1n) is 14.3. The lowest BCUT2D eigenvalue weighted by atomic mass is 9.92. The number of pyridine rings is 1. The summed E-state index contributed by atoms with van der Waals surface area (Å²) in [5.41, 5.74) is 9.37. The van der Waals surface area contributed by atoms with Crippen LogP contribution in [0.2, 0.25) is 0 Å². The van der Waals surface area contributed by atoms with Gasteiger partial charge in [-0.3, -0.25) is 9.55 Å². The Balaban J connectivity index is 1.54. The smallest absolute Gasteiger partial charge is 0.148 e. The van der Waals surface area contributed by atoms with Crippen molar-refractivity contribution in [2.24, 2.45) is 0 Å². The minimum absolute atomic E-state index is 0.211. The third-order valence-electron chi connectivity index (χ3n) is 7.77. The Morgan fingerprint density at radius 3 is 2.07 bits per heavy atom. The lowest BCUT2D eigenvalue weighted by molar-refractivity contribution is 0.477. The van der Waals surface area contributed by atoms with Gasteiger partial charge >= 0.3 is 0 Å². The molecule has 4 nitrogen and oxygen atoms in total.